The van der Waals surface area contributed by atoms with Crippen LogP contribution in [0.1, 0.15) is 27.6 Å². The summed E-state index contributed by atoms with van der Waals surface area (Å²) in [5.74, 6) is -1.71. The molecule has 0 aliphatic carbocycles. The monoisotopic (exact) mass is 292 g/mol. The number of carbonyl (C=O) groups excluding carboxylic acids is 3. The minimum atomic E-state index is -0.615. The summed E-state index contributed by atoms with van der Waals surface area (Å²) in [5, 5.41) is 0. The van der Waals surface area contributed by atoms with Gasteiger partial charge in [-0.1, -0.05) is 12.6 Å². The van der Waals surface area contributed by atoms with Gasteiger partial charge in [0.25, 0.3) is 0 Å². The maximum Gasteiger partial charge on any atom is 0.338 e. The zero-order valence-corrected chi connectivity index (χ0v) is 11.7. The number of hydrogen-bond acceptors (Lipinski definition) is 6. The van der Waals surface area contributed by atoms with Crippen molar-refractivity contribution in [3.05, 3.63) is 48.0 Å². The fraction of sp³-hybridized carbons (Fsp3) is 0.267. The van der Waals surface area contributed by atoms with Gasteiger partial charge in [0.2, 0.25) is 0 Å². The average Bonchev–Trinajstić information content (AvgIpc) is 2.51. The number of ether oxygens (including phenoxy) is 3. The zero-order chi connectivity index (χ0) is 15.7. The van der Waals surface area contributed by atoms with Gasteiger partial charge in [-0.25, -0.2) is 14.4 Å². The smallest absolute Gasteiger partial charge is 0.338 e. The highest BCUT2D eigenvalue weighted by Gasteiger charge is 2.12. The molecule has 1 aromatic carbocycles. The van der Waals surface area contributed by atoms with Crippen LogP contribution in [-0.4, -0.2) is 37.7 Å². The molecular weight excluding hydrogens is 276 g/mol. The molecule has 1 aromatic rings. The SMILES string of the molecule is C=CC(=O)OCCOC(=O)c1cccc(C(=O)OCC)c1. The van der Waals surface area contributed by atoms with Crippen LogP contribution in [0.4, 0.5) is 0 Å². The average molecular weight is 292 g/mol. The summed E-state index contributed by atoms with van der Waals surface area (Å²) in [7, 11) is 0. The molecule has 0 fully saturated rings. The van der Waals surface area contributed by atoms with Crippen LogP contribution in [0.15, 0.2) is 36.9 Å². The summed E-state index contributed by atoms with van der Waals surface area (Å²) in [6.07, 6.45) is 1.02. The second-order valence-electron chi connectivity index (χ2n) is 3.81. The van der Waals surface area contributed by atoms with Crippen LogP contribution in [0.25, 0.3) is 0 Å². The van der Waals surface area contributed by atoms with E-state index in [1.165, 1.54) is 12.1 Å². The summed E-state index contributed by atoms with van der Waals surface area (Å²) in [5.41, 5.74) is 0.486. The van der Waals surface area contributed by atoms with Gasteiger partial charge in [-0.3, -0.25) is 0 Å². The molecule has 0 saturated carbocycles. The van der Waals surface area contributed by atoms with Crippen molar-refractivity contribution >= 4 is 17.9 Å². The van der Waals surface area contributed by atoms with Crippen LogP contribution in [0, 0.1) is 0 Å². The van der Waals surface area contributed by atoms with Gasteiger partial charge in [0.1, 0.15) is 13.2 Å². The highest BCUT2D eigenvalue weighted by Crippen LogP contribution is 2.08. The fourth-order valence-electron chi connectivity index (χ4n) is 1.41. The third kappa shape index (κ3) is 5.48. The van der Waals surface area contributed by atoms with Gasteiger partial charge in [0.05, 0.1) is 17.7 Å². The molecule has 0 N–H and O–H groups in total. The molecule has 21 heavy (non-hydrogen) atoms. The van der Waals surface area contributed by atoms with E-state index in [0.717, 1.165) is 6.08 Å². The largest absolute Gasteiger partial charge is 0.462 e. The van der Waals surface area contributed by atoms with Gasteiger partial charge in [0, 0.05) is 6.08 Å². The van der Waals surface area contributed by atoms with Crippen molar-refractivity contribution in [3.63, 3.8) is 0 Å². The number of hydrogen-bond donors (Lipinski definition) is 0. The molecule has 0 aliphatic rings. The number of rotatable bonds is 7. The molecule has 0 radical (unpaired) electrons. The van der Waals surface area contributed by atoms with E-state index in [-0.39, 0.29) is 30.9 Å². The third-order valence-corrected chi connectivity index (χ3v) is 2.34. The highest BCUT2D eigenvalue weighted by molar-refractivity contribution is 5.95. The van der Waals surface area contributed by atoms with Crippen molar-refractivity contribution in [3.8, 4) is 0 Å². The van der Waals surface area contributed by atoms with Crippen molar-refractivity contribution in [1.29, 1.82) is 0 Å². The lowest BCUT2D eigenvalue weighted by Gasteiger charge is -2.06. The minimum absolute atomic E-state index is 0.0613. The normalized spacial score (nSPS) is 9.57. The van der Waals surface area contributed by atoms with Crippen LogP contribution >= 0.6 is 0 Å². The van der Waals surface area contributed by atoms with E-state index in [2.05, 4.69) is 11.3 Å². The Hall–Kier alpha value is -2.63. The third-order valence-electron chi connectivity index (χ3n) is 2.34. The Bertz CT molecular complexity index is 535. The standard InChI is InChI=1S/C15H16O6/c1-3-13(16)20-8-9-21-15(18)12-7-5-6-11(10-12)14(17)19-4-2/h3,5-7,10H,1,4,8-9H2,2H3. The van der Waals surface area contributed by atoms with Crippen molar-refractivity contribution < 1.29 is 28.6 Å². The molecule has 0 aliphatic heterocycles. The van der Waals surface area contributed by atoms with Crippen molar-refractivity contribution in [2.45, 2.75) is 6.92 Å². The van der Waals surface area contributed by atoms with Crippen LogP contribution < -0.4 is 0 Å². The molecule has 0 spiro atoms. The van der Waals surface area contributed by atoms with Crippen LogP contribution in [0.3, 0.4) is 0 Å². The number of esters is 3. The summed E-state index contributed by atoms with van der Waals surface area (Å²) in [6.45, 7) is 5.04. The Morgan fingerprint density at radius 1 is 1.05 bits per heavy atom. The van der Waals surface area contributed by atoms with Gasteiger partial charge in [-0.2, -0.15) is 0 Å². The van der Waals surface area contributed by atoms with Crippen molar-refractivity contribution in [1.82, 2.24) is 0 Å². The van der Waals surface area contributed by atoms with E-state index >= 15 is 0 Å². The summed E-state index contributed by atoms with van der Waals surface area (Å²) in [4.78, 5) is 34.1. The molecule has 0 amide bonds. The Labute approximate surface area is 122 Å². The van der Waals surface area contributed by atoms with Crippen LogP contribution in [0.2, 0.25) is 0 Å². The van der Waals surface area contributed by atoms with E-state index in [9.17, 15) is 14.4 Å². The number of carbonyl (C=O) groups is 3. The van der Waals surface area contributed by atoms with Gasteiger partial charge in [0.15, 0.2) is 0 Å². The second-order valence-corrected chi connectivity index (χ2v) is 3.81. The van der Waals surface area contributed by atoms with Crippen LogP contribution in [0.5, 0.6) is 0 Å². The maximum absolute atomic E-state index is 11.8. The summed E-state index contributed by atoms with van der Waals surface area (Å²) >= 11 is 0. The first-order valence-electron chi connectivity index (χ1n) is 6.32. The maximum atomic E-state index is 11.8. The molecule has 0 unspecified atom stereocenters. The first kappa shape index (κ1) is 16.4. The topological polar surface area (TPSA) is 78.9 Å². The molecule has 112 valence electrons. The lowest BCUT2D eigenvalue weighted by molar-refractivity contribution is -0.138. The molecular formula is C15H16O6. The Balaban J connectivity index is 2.54. The van der Waals surface area contributed by atoms with Crippen LogP contribution in [-0.2, 0) is 19.0 Å². The second kappa shape index (κ2) is 8.52. The Morgan fingerprint density at radius 2 is 1.62 bits per heavy atom. The van der Waals surface area contributed by atoms with E-state index in [0.29, 0.717) is 0 Å². The minimum Gasteiger partial charge on any atom is -0.462 e. The van der Waals surface area contributed by atoms with Gasteiger partial charge in [-0.15, -0.1) is 0 Å². The van der Waals surface area contributed by atoms with Gasteiger partial charge < -0.3 is 14.2 Å². The zero-order valence-electron chi connectivity index (χ0n) is 11.7. The Kier molecular flexibility index (Phi) is 6.67. The predicted octanol–water partition coefficient (Wildman–Crippen LogP) is 1.75. The number of benzene rings is 1. The lowest BCUT2D eigenvalue weighted by Crippen LogP contribution is -2.13. The molecule has 6 heteroatoms. The van der Waals surface area contributed by atoms with E-state index in [1.807, 2.05) is 0 Å². The van der Waals surface area contributed by atoms with E-state index < -0.39 is 17.9 Å². The fourth-order valence-corrected chi connectivity index (χ4v) is 1.41. The van der Waals surface area contributed by atoms with Gasteiger partial charge >= 0.3 is 17.9 Å². The van der Waals surface area contributed by atoms with Crippen molar-refractivity contribution in [2.75, 3.05) is 19.8 Å². The molecule has 6 nitrogen and oxygen atoms in total. The lowest BCUT2D eigenvalue weighted by atomic mass is 10.1. The molecule has 0 heterocycles. The summed E-state index contributed by atoms with van der Waals surface area (Å²) < 4.78 is 14.4. The molecule has 0 atom stereocenters. The quantitative estimate of drug-likeness (QED) is 0.330. The molecule has 1 rings (SSSR count). The van der Waals surface area contributed by atoms with E-state index in [4.69, 9.17) is 9.47 Å². The molecule has 0 bridgehead atoms. The van der Waals surface area contributed by atoms with Gasteiger partial charge in [-0.05, 0) is 25.1 Å². The molecule has 0 aromatic heterocycles. The Morgan fingerprint density at radius 3 is 2.19 bits per heavy atom. The predicted molar refractivity (Wildman–Crippen MR) is 73.8 cm³/mol. The highest BCUT2D eigenvalue weighted by atomic mass is 16.6. The molecule has 0 saturated heterocycles. The first-order valence-corrected chi connectivity index (χ1v) is 6.32. The van der Waals surface area contributed by atoms with Crippen molar-refractivity contribution in [2.24, 2.45) is 0 Å². The van der Waals surface area contributed by atoms with E-state index in [1.54, 1.807) is 19.1 Å². The summed E-state index contributed by atoms with van der Waals surface area (Å²) in [6, 6.07) is 6.00. The first-order chi connectivity index (χ1) is 10.1.